The van der Waals surface area contributed by atoms with Gasteiger partial charge >= 0.3 is 29.6 Å². The van der Waals surface area contributed by atoms with E-state index in [0.29, 0.717) is 51.6 Å². The molecule has 0 bridgehead atoms. The summed E-state index contributed by atoms with van der Waals surface area (Å²) in [5.74, 6) is 0.982. The Kier molecular flexibility index (Phi) is 13.4. The van der Waals surface area contributed by atoms with E-state index < -0.39 is 35.9 Å². The molecule has 0 aliphatic rings. The van der Waals surface area contributed by atoms with Gasteiger partial charge in [0, 0.05) is 51.9 Å². The number of anilines is 4. The molecule has 0 amide bonds. The second-order valence-electron chi connectivity index (χ2n) is 12.5. The molecule has 54 heavy (non-hydrogen) atoms. The van der Waals surface area contributed by atoms with Gasteiger partial charge in [-0.3, -0.25) is 0 Å². The Hall–Kier alpha value is -4.28. The third-order valence-corrected chi connectivity index (χ3v) is 10.7. The van der Waals surface area contributed by atoms with E-state index in [1.807, 2.05) is 52.0 Å². The summed E-state index contributed by atoms with van der Waals surface area (Å²) in [5.41, 5.74) is 7.45. The van der Waals surface area contributed by atoms with E-state index in [2.05, 4.69) is 10.6 Å². The van der Waals surface area contributed by atoms with Crippen molar-refractivity contribution in [3.8, 4) is 23.0 Å². The fourth-order valence-corrected chi connectivity index (χ4v) is 7.77. The average Bonchev–Trinajstić information content (AvgIpc) is 3.11. The quantitative estimate of drug-likeness (QED) is 0.0978. The summed E-state index contributed by atoms with van der Waals surface area (Å²) in [4.78, 5) is -1.73. The molecule has 12 nitrogen and oxygen atoms in total. The Morgan fingerprint density at radius 2 is 0.907 bits per heavy atom. The standard InChI is InChI=1S/C39H42N2O10S2.Na/c1-22-15-28(48-5)16-23(2)38(22)40-26-9-12-31(34(19-26)50-7)37(33-14-11-30(52(42,43)44)21-36(33)53(45,46)47)32-13-10-27(20-35(32)51-8)41-39-24(3)17-29(49-6)18-25(39)4;/h9-21,37,40-41H,1-8H3,(H,42,43,44)(H,45,46,47);/q;+1/p-2. The first kappa shape index (κ1) is 42.5. The third-order valence-electron chi connectivity index (χ3n) is 8.97. The number of ether oxygens (including phenoxy) is 4. The summed E-state index contributed by atoms with van der Waals surface area (Å²) in [6.07, 6.45) is 0. The first-order valence-corrected chi connectivity index (χ1v) is 19.1. The van der Waals surface area contributed by atoms with Gasteiger partial charge < -0.3 is 38.7 Å². The van der Waals surface area contributed by atoms with Crippen molar-refractivity contribution >= 4 is 43.0 Å². The zero-order valence-corrected chi connectivity index (χ0v) is 35.1. The Balaban J connectivity index is 0.00000650. The molecule has 15 heteroatoms. The minimum Gasteiger partial charge on any atom is -0.744 e. The number of nitrogens with one attached hydrogen (secondary N) is 2. The van der Waals surface area contributed by atoms with E-state index in [0.717, 1.165) is 45.8 Å². The summed E-state index contributed by atoms with van der Waals surface area (Å²) in [6, 6.07) is 20.8. The molecule has 0 atom stereocenters. The molecule has 0 aliphatic heterocycles. The van der Waals surface area contributed by atoms with Gasteiger partial charge in [0.15, 0.2) is 0 Å². The number of rotatable bonds is 13. The number of hydrogen-bond acceptors (Lipinski definition) is 12. The van der Waals surface area contributed by atoms with Crippen molar-refractivity contribution in [2.45, 2.75) is 43.4 Å². The Labute approximate surface area is 338 Å². The molecule has 280 valence electrons. The first-order valence-electron chi connectivity index (χ1n) is 16.2. The molecule has 5 rings (SSSR count). The molecule has 0 heterocycles. The van der Waals surface area contributed by atoms with Gasteiger partial charge in [-0.15, -0.1) is 0 Å². The van der Waals surface area contributed by atoms with Gasteiger partial charge in [-0.05, 0) is 104 Å². The van der Waals surface area contributed by atoms with E-state index in [1.165, 1.54) is 14.2 Å². The Bertz CT molecular complexity index is 2260. The average molecular weight is 784 g/mol. The van der Waals surface area contributed by atoms with E-state index in [-0.39, 0.29) is 35.1 Å². The van der Waals surface area contributed by atoms with E-state index in [1.54, 1.807) is 50.6 Å². The smallest absolute Gasteiger partial charge is 0.744 e. The maximum atomic E-state index is 12.8. The van der Waals surface area contributed by atoms with Crippen molar-refractivity contribution in [1.82, 2.24) is 0 Å². The number of hydrogen-bond donors (Lipinski definition) is 2. The van der Waals surface area contributed by atoms with E-state index >= 15 is 0 Å². The van der Waals surface area contributed by atoms with Crippen LogP contribution in [0.4, 0.5) is 22.7 Å². The Morgan fingerprint density at radius 3 is 1.24 bits per heavy atom. The van der Waals surface area contributed by atoms with Gasteiger partial charge in [-0.1, -0.05) is 18.2 Å². The molecule has 0 fully saturated rings. The van der Waals surface area contributed by atoms with Gasteiger partial charge in [0.1, 0.15) is 43.2 Å². The van der Waals surface area contributed by atoms with Crippen LogP contribution >= 0.6 is 0 Å². The van der Waals surface area contributed by atoms with Crippen LogP contribution in [0.15, 0.2) is 88.7 Å². The van der Waals surface area contributed by atoms with Gasteiger partial charge in [0.05, 0.1) is 38.2 Å². The third kappa shape index (κ3) is 9.15. The molecule has 0 spiro atoms. The van der Waals surface area contributed by atoms with Crippen molar-refractivity contribution in [2.24, 2.45) is 0 Å². The summed E-state index contributed by atoms with van der Waals surface area (Å²) in [7, 11) is -4.34. The van der Waals surface area contributed by atoms with Crippen molar-refractivity contribution in [3.63, 3.8) is 0 Å². The summed E-state index contributed by atoms with van der Waals surface area (Å²) < 4.78 is 96.8. The van der Waals surface area contributed by atoms with Gasteiger partial charge in [0.2, 0.25) is 0 Å². The predicted octanol–water partition coefficient (Wildman–Crippen LogP) is 4.43. The van der Waals surface area contributed by atoms with Crippen molar-refractivity contribution < 1.29 is 74.4 Å². The molecule has 0 radical (unpaired) electrons. The minimum atomic E-state index is -5.32. The second kappa shape index (κ2) is 17.0. The number of aryl methyl sites for hydroxylation is 4. The molecule has 5 aromatic carbocycles. The van der Waals surface area contributed by atoms with Crippen molar-refractivity contribution in [1.29, 1.82) is 0 Å². The maximum absolute atomic E-state index is 12.8. The van der Waals surface area contributed by atoms with Crippen LogP contribution in [0.5, 0.6) is 23.0 Å². The van der Waals surface area contributed by atoms with Crippen molar-refractivity contribution in [3.05, 3.63) is 118 Å². The SMILES string of the molecule is COc1cc(C)c(Nc2ccc(C(c3ccc(Nc4c(C)cc(OC)cc4C)cc3OC)c3ccc(S(=O)(=O)[O-])cc3S(=O)(=O)[O-])c(OC)c2)c(C)c1.[Na+]. The molecular weight excluding hydrogens is 744 g/mol. The fourth-order valence-electron chi connectivity index (χ4n) is 6.45. The minimum absolute atomic E-state index is 0. The maximum Gasteiger partial charge on any atom is 1.00 e. The van der Waals surface area contributed by atoms with Crippen LogP contribution in [0.25, 0.3) is 0 Å². The second-order valence-corrected chi connectivity index (χ2v) is 15.2. The van der Waals surface area contributed by atoms with Gasteiger partial charge in [-0.2, -0.15) is 0 Å². The molecular formula is C39H40N2NaO10S2-. The van der Waals surface area contributed by atoms with Crippen LogP contribution in [0, 0.1) is 27.7 Å². The molecule has 0 aliphatic carbocycles. The molecule has 0 saturated carbocycles. The van der Waals surface area contributed by atoms with Crippen LogP contribution in [0.2, 0.25) is 0 Å². The van der Waals surface area contributed by atoms with Gasteiger partial charge in [0.25, 0.3) is 0 Å². The normalized spacial score (nSPS) is 11.5. The monoisotopic (exact) mass is 783 g/mol. The summed E-state index contributed by atoms with van der Waals surface area (Å²) >= 11 is 0. The first-order chi connectivity index (χ1) is 25.0. The van der Waals surface area contributed by atoms with Gasteiger partial charge in [-0.25, -0.2) is 16.8 Å². The molecule has 0 saturated heterocycles. The fraction of sp³-hybridized carbons (Fsp3) is 0.231. The van der Waals surface area contributed by atoms with Crippen LogP contribution in [-0.2, 0) is 20.2 Å². The van der Waals surface area contributed by atoms with Crippen LogP contribution in [-0.4, -0.2) is 54.4 Å². The summed E-state index contributed by atoms with van der Waals surface area (Å²) in [5, 5.41) is 6.84. The molecule has 2 N–H and O–H groups in total. The summed E-state index contributed by atoms with van der Waals surface area (Å²) in [6.45, 7) is 7.77. The van der Waals surface area contributed by atoms with Crippen LogP contribution in [0.1, 0.15) is 44.9 Å². The zero-order valence-electron chi connectivity index (χ0n) is 31.5. The molecule has 5 aromatic rings. The zero-order chi connectivity index (χ0) is 38.8. The largest absolute Gasteiger partial charge is 1.00 e. The van der Waals surface area contributed by atoms with E-state index in [4.69, 9.17) is 18.9 Å². The van der Waals surface area contributed by atoms with Crippen LogP contribution < -0.4 is 59.1 Å². The predicted molar refractivity (Wildman–Crippen MR) is 201 cm³/mol. The topological polar surface area (TPSA) is 175 Å². The number of benzene rings is 5. The Morgan fingerprint density at radius 1 is 0.519 bits per heavy atom. The van der Waals surface area contributed by atoms with E-state index in [9.17, 15) is 25.9 Å². The molecule has 0 aromatic heterocycles. The number of methoxy groups -OCH3 is 4. The molecule has 0 unspecified atom stereocenters. The van der Waals surface area contributed by atoms with Crippen LogP contribution in [0.3, 0.4) is 0 Å². The van der Waals surface area contributed by atoms with Crippen molar-refractivity contribution in [2.75, 3.05) is 39.1 Å².